The van der Waals surface area contributed by atoms with Gasteiger partial charge in [-0.2, -0.15) is 0 Å². The van der Waals surface area contributed by atoms with Crippen LogP contribution in [0, 0.1) is 0 Å². The quantitative estimate of drug-likeness (QED) is 0.742. The van der Waals surface area contributed by atoms with Crippen molar-refractivity contribution in [1.82, 2.24) is 10.2 Å². The zero-order valence-corrected chi connectivity index (χ0v) is 10.8. The summed E-state index contributed by atoms with van der Waals surface area (Å²) in [6.07, 6.45) is 0.283. The minimum atomic E-state index is -0.164. The number of carbonyl (C=O) groups is 2. The molecule has 0 aliphatic rings. The van der Waals surface area contributed by atoms with Crippen LogP contribution in [0.1, 0.15) is 12.5 Å². The highest BCUT2D eigenvalue weighted by Gasteiger charge is 2.14. The minimum absolute atomic E-state index is 0.0640. The molecule has 0 aromatic heterocycles. The smallest absolute Gasteiger partial charge is 0.239 e. The maximum atomic E-state index is 12.0. The molecule has 1 rings (SSSR count). The summed E-state index contributed by atoms with van der Waals surface area (Å²) in [5.74, 6) is -0.228. The molecular weight excluding hydrogens is 230 g/mol. The van der Waals surface area contributed by atoms with Crippen molar-refractivity contribution in [1.29, 1.82) is 0 Å². The van der Waals surface area contributed by atoms with E-state index in [1.165, 1.54) is 4.90 Å². The molecule has 3 N–H and O–H groups in total. The molecule has 1 aromatic carbocycles. The number of nitrogen functional groups attached to an aromatic ring is 1. The second-order valence-electron chi connectivity index (χ2n) is 4.00. The van der Waals surface area contributed by atoms with Crippen LogP contribution in [0.15, 0.2) is 24.3 Å². The van der Waals surface area contributed by atoms with Crippen molar-refractivity contribution in [2.24, 2.45) is 0 Å². The number of carbonyl (C=O) groups excluding carboxylic acids is 2. The van der Waals surface area contributed by atoms with Crippen LogP contribution in [0.2, 0.25) is 0 Å². The lowest BCUT2D eigenvalue weighted by Crippen LogP contribution is -2.40. The van der Waals surface area contributed by atoms with E-state index >= 15 is 0 Å². The van der Waals surface area contributed by atoms with Gasteiger partial charge < -0.3 is 16.0 Å². The molecule has 0 radical (unpaired) electrons. The first-order chi connectivity index (χ1) is 8.56. The molecule has 0 saturated carbocycles. The molecule has 0 spiro atoms. The number of amides is 2. The molecule has 0 aliphatic carbocycles. The number of benzene rings is 1. The number of hydrogen-bond acceptors (Lipinski definition) is 3. The Morgan fingerprint density at radius 3 is 2.39 bits per heavy atom. The summed E-state index contributed by atoms with van der Waals surface area (Å²) in [6, 6.07) is 7.16. The van der Waals surface area contributed by atoms with Crippen LogP contribution in [-0.4, -0.2) is 36.9 Å². The predicted octanol–water partition coefficient (Wildman–Crippen LogP) is 0.406. The highest BCUT2D eigenvalue weighted by Crippen LogP contribution is 2.07. The number of nitrogens with two attached hydrogens (primary N) is 1. The molecule has 98 valence electrons. The van der Waals surface area contributed by atoms with E-state index in [9.17, 15) is 9.59 Å². The topological polar surface area (TPSA) is 75.4 Å². The van der Waals surface area contributed by atoms with Crippen LogP contribution in [0.4, 0.5) is 5.69 Å². The Bertz CT molecular complexity index is 415. The zero-order chi connectivity index (χ0) is 13.5. The van der Waals surface area contributed by atoms with E-state index in [0.29, 0.717) is 12.2 Å². The maximum Gasteiger partial charge on any atom is 0.239 e. The number of nitrogens with one attached hydrogen (secondary N) is 1. The van der Waals surface area contributed by atoms with E-state index in [2.05, 4.69) is 5.32 Å². The number of anilines is 1. The number of likely N-dealkylation sites (N-methyl/N-ethyl adjacent to an activating group) is 2. The van der Waals surface area contributed by atoms with Crippen LogP contribution in [0.25, 0.3) is 0 Å². The Morgan fingerprint density at radius 1 is 1.28 bits per heavy atom. The van der Waals surface area contributed by atoms with Gasteiger partial charge in [-0.1, -0.05) is 12.1 Å². The zero-order valence-electron chi connectivity index (χ0n) is 10.8. The van der Waals surface area contributed by atoms with Crippen molar-refractivity contribution in [3.05, 3.63) is 29.8 Å². The maximum absolute atomic E-state index is 12.0. The first-order valence-corrected chi connectivity index (χ1v) is 5.89. The van der Waals surface area contributed by atoms with Gasteiger partial charge in [0.15, 0.2) is 0 Å². The lowest BCUT2D eigenvalue weighted by molar-refractivity contribution is -0.135. The number of hydrogen-bond donors (Lipinski definition) is 2. The van der Waals surface area contributed by atoms with Crippen molar-refractivity contribution in [3.63, 3.8) is 0 Å². The van der Waals surface area contributed by atoms with Crippen molar-refractivity contribution in [3.8, 4) is 0 Å². The summed E-state index contributed by atoms with van der Waals surface area (Å²) in [5, 5.41) is 2.51. The monoisotopic (exact) mass is 249 g/mol. The fraction of sp³-hybridized carbons (Fsp3) is 0.385. The van der Waals surface area contributed by atoms with Crippen molar-refractivity contribution < 1.29 is 9.59 Å². The summed E-state index contributed by atoms with van der Waals surface area (Å²) in [7, 11) is 1.56. The van der Waals surface area contributed by atoms with Gasteiger partial charge in [-0.3, -0.25) is 9.59 Å². The molecule has 2 amide bonds. The molecule has 0 fully saturated rings. The largest absolute Gasteiger partial charge is 0.399 e. The molecular formula is C13H19N3O2. The number of nitrogens with zero attached hydrogens (tertiary/aromatic N) is 1. The second kappa shape index (κ2) is 6.64. The van der Waals surface area contributed by atoms with Gasteiger partial charge in [-0.15, -0.1) is 0 Å². The van der Waals surface area contributed by atoms with E-state index in [-0.39, 0.29) is 24.8 Å². The van der Waals surface area contributed by atoms with Gasteiger partial charge in [0.25, 0.3) is 0 Å². The van der Waals surface area contributed by atoms with Gasteiger partial charge in [0, 0.05) is 19.3 Å². The second-order valence-corrected chi connectivity index (χ2v) is 4.00. The number of rotatable bonds is 5. The van der Waals surface area contributed by atoms with Crippen molar-refractivity contribution in [2.75, 3.05) is 25.9 Å². The first-order valence-electron chi connectivity index (χ1n) is 5.89. The SMILES string of the molecule is CCN(CC(=O)NC)C(=O)Cc1ccc(N)cc1. The van der Waals surface area contributed by atoms with Crippen LogP contribution >= 0.6 is 0 Å². The molecule has 18 heavy (non-hydrogen) atoms. The summed E-state index contributed by atoms with van der Waals surface area (Å²) in [4.78, 5) is 24.8. The molecule has 0 bridgehead atoms. The van der Waals surface area contributed by atoms with Crippen LogP contribution < -0.4 is 11.1 Å². The molecule has 0 unspecified atom stereocenters. The summed E-state index contributed by atoms with van der Waals surface area (Å²) < 4.78 is 0. The summed E-state index contributed by atoms with van der Waals surface area (Å²) >= 11 is 0. The average molecular weight is 249 g/mol. The van der Waals surface area contributed by atoms with Crippen molar-refractivity contribution >= 4 is 17.5 Å². The van der Waals surface area contributed by atoms with Crippen LogP contribution in [0.3, 0.4) is 0 Å². The van der Waals surface area contributed by atoms with Gasteiger partial charge in [0.1, 0.15) is 0 Å². The molecule has 1 aromatic rings. The highest BCUT2D eigenvalue weighted by molar-refractivity contribution is 5.85. The fourth-order valence-electron chi connectivity index (χ4n) is 1.55. The molecule has 5 heteroatoms. The average Bonchev–Trinajstić information content (AvgIpc) is 2.38. The molecule has 0 aliphatic heterocycles. The van der Waals surface area contributed by atoms with E-state index in [4.69, 9.17) is 5.73 Å². The third kappa shape index (κ3) is 4.08. The fourth-order valence-corrected chi connectivity index (χ4v) is 1.55. The van der Waals surface area contributed by atoms with Gasteiger partial charge in [0.05, 0.1) is 13.0 Å². The standard InChI is InChI=1S/C13H19N3O2/c1-3-16(9-12(17)15-2)13(18)8-10-4-6-11(14)7-5-10/h4-7H,3,8-9,14H2,1-2H3,(H,15,17). The van der Waals surface area contributed by atoms with Crippen LogP contribution in [0.5, 0.6) is 0 Å². The van der Waals surface area contributed by atoms with Gasteiger partial charge in [-0.25, -0.2) is 0 Å². The Balaban J connectivity index is 2.62. The van der Waals surface area contributed by atoms with Gasteiger partial charge >= 0.3 is 0 Å². The molecule has 0 saturated heterocycles. The van der Waals surface area contributed by atoms with Crippen LogP contribution in [-0.2, 0) is 16.0 Å². The Morgan fingerprint density at radius 2 is 1.89 bits per heavy atom. The normalized spacial score (nSPS) is 9.89. The summed E-state index contributed by atoms with van der Waals surface area (Å²) in [6.45, 7) is 2.46. The van der Waals surface area contributed by atoms with E-state index in [1.54, 1.807) is 19.2 Å². The molecule has 5 nitrogen and oxygen atoms in total. The lowest BCUT2D eigenvalue weighted by Gasteiger charge is -2.19. The third-order valence-electron chi connectivity index (χ3n) is 2.68. The lowest BCUT2D eigenvalue weighted by atomic mass is 10.1. The van der Waals surface area contributed by atoms with E-state index in [0.717, 1.165) is 5.56 Å². The Labute approximate surface area is 107 Å². The Kier molecular flexibility index (Phi) is 5.17. The van der Waals surface area contributed by atoms with Crippen molar-refractivity contribution in [2.45, 2.75) is 13.3 Å². The molecule has 0 atom stereocenters. The van der Waals surface area contributed by atoms with E-state index in [1.807, 2.05) is 19.1 Å². The van der Waals surface area contributed by atoms with Gasteiger partial charge in [0.2, 0.25) is 11.8 Å². The third-order valence-corrected chi connectivity index (χ3v) is 2.68. The summed E-state index contributed by atoms with van der Waals surface area (Å²) in [5.41, 5.74) is 7.14. The molecule has 0 heterocycles. The highest BCUT2D eigenvalue weighted by atomic mass is 16.2. The predicted molar refractivity (Wildman–Crippen MR) is 70.9 cm³/mol. The first kappa shape index (κ1) is 14.0. The Hall–Kier alpha value is -2.04. The minimum Gasteiger partial charge on any atom is -0.399 e. The van der Waals surface area contributed by atoms with Gasteiger partial charge in [-0.05, 0) is 24.6 Å². The van der Waals surface area contributed by atoms with E-state index < -0.39 is 0 Å².